The van der Waals surface area contributed by atoms with E-state index in [9.17, 15) is 4.79 Å². The van der Waals surface area contributed by atoms with Crippen molar-refractivity contribution in [3.63, 3.8) is 0 Å². The molecule has 0 saturated heterocycles. The lowest BCUT2D eigenvalue weighted by molar-refractivity contribution is 0.0925. The average molecular weight is 322 g/mol. The van der Waals surface area contributed by atoms with Gasteiger partial charge >= 0.3 is 0 Å². The van der Waals surface area contributed by atoms with E-state index in [1.54, 1.807) is 18.2 Å². The molecule has 0 unspecified atom stereocenters. The average Bonchev–Trinajstić information content (AvgIpc) is 2.46. The van der Waals surface area contributed by atoms with Gasteiger partial charge in [0, 0.05) is 27.6 Å². The van der Waals surface area contributed by atoms with Crippen molar-refractivity contribution >= 4 is 29.1 Å². The van der Waals surface area contributed by atoms with Crippen LogP contribution in [0.25, 0.3) is 0 Å². The summed E-state index contributed by atoms with van der Waals surface area (Å²) >= 11 is 11.9. The van der Waals surface area contributed by atoms with Gasteiger partial charge in [-0.1, -0.05) is 41.4 Å². The maximum Gasteiger partial charge on any atom is 0.251 e. The Kier molecular flexibility index (Phi) is 4.04. The zero-order valence-corrected chi connectivity index (χ0v) is 12.6. The molecule has 3 nitrogen and oxygen atoms in total. The molecule has 0 spiro atoms. The van der Waals surface area contributed by atoms with E-state index in [1.165, 1.54) is 0 Å². The maximum absolute atomic E-state index is 12.4. The first kappa shape index (κ1) is 14.2. The summed E-state index contributed by atoms with van der Waals surface area (Å²) in [5, 5.41) is 3.90. The van der Waals surface area contributed by atoms with Gasteiger partial charge in [0.15, 0.2) is 0 Å². The molecular weight excluding hydrogens is 309 g/mol. The molecule has 5 heteroatoms. The molecule has 1 heterocycles. The number of hydrogen-bond acceptors (Lipinski definition) is 2. The fourth-order valence-electron chi connectivity index (χ4n) is 2.42. The van der Waals surface area contributed by atoms with E-state index < -0.39 is 0 Å². The summed E-state index contributed by atoms with van der Waals surface area (Å²) in [6.45, 7) is 0.582. The lowest BCUT2D eigenvalue weighted by atomic mass is 10.00. The number of amides is 1. The van der Waals surface area contributed by atoms with Crippen molar-refractivity contribution in [2.24, 2.45) is 0 Å². The standard InChI is InChI=1S/C16H13Cl2NO2/c17-11-7-10(8-12(18)9-11)16(20)19-14-5-6-21-15-4-2-1-3-13(14)15/h1-4,7-9,14H,5-6H2,(H,19,20)/t14-/m1/s1. The van der Waals surface area contributed by atoms with Gasteiger partial charge in [0.05, 0.1) is 12.6 Å². The molecule has 0 aromatic heterocycles. The van der Waals surface area contributed by atoms with Crippen molar-refractivity contribution in [2.75, 3.05) is 6.61 Å². The first-order valence-corrected chi connectivity index (χ1v) is 7.38. The number of benzene rings is 2. The van der Waals surface area contributed by atoms with Crippen LogP contribution in [0.1, 0.15) is 28.4 Å². The Balaban J connectivity index is 1.82. The molecule has 0 saturated carbocycles. The van der Waals surface area contributed by atoms with Crippen LogP contribution in [0.3, 0.4) is 0 Å². The molecule has 1 N–H and O–H groups in total. The van der Waals surface area contributed by atoms with E-state index in [0.29, 0.717) is 22.2 Å². The van der Waals surface area contributed by atoms with Crippen LogP contribution in [0.4, 0.5) is 0 Å². The minimum Gasteiger partial charge on any atom is -0.493 e. The molecule has 3 rings (SSSR count). The predicted molar refractivity (Wildman–Crippen MR) is 83.2 cm³/mol. The third-order valence-electron chi connectivity index (χ3n) is 3.39. The minimum absolute atomic E-state index is 0.0693. The van der Waals surface area contributed by atoms with Crippen LogP contribution in [0.5, 0.6) is 5.75 Å². The third-order valence-corrected chi connectivity index (χ3v) is 3.83. The van der Waals surface area contributed by atoms with Crippen LogP contribution in [0, 0.1) is 0 Å². The summed E-state index contributed by atoms with van der Waals surface area (Å²) in [4.78, 5) is 12.4. The zero-order chi connectivity index (χ0) is 14.8. The fraction of sp³-hybridized carbons (Fsp3) is 0.188. The van der Waals surface area contributed by atoms with Gasteiger partial charge in [0.2, 0.25) is 0 Å². The second kappa shape index (κ2) is 5.96. The number of rotatable bonds is 2. The smallest absolute Gasteiger partial charge is 0.251 e. The quantitative estimate of drug-likeness (QED) is 0.898. The number of para-hydroxylation sites is 1. The molecule has 0 radical (unpaired) electrons. The largest absolute Gasteiger partial charge is 0.493 e. The third kappa shape index (κ3) is 3.14. The van der Waals surface area contributed by atoms with Crippen molar-refractivity contribution in [1.29, 1.82) is 0 Å². The van der Waals surface area contributed by atoms with E-state index >= 15 is 0 Å². The van der Waals surface area contributed by atoms with E-state index in [0.717, 1.165) is 17.7 Å². The summed E-state index contributed by atoms with van der Waals surface area (Å²) in [6, 6.07) is 12.5. The van der Waals surface area contributed by atoms with Crippen molar-refractivity contribution < 1.29 is 9.53 Å². The molecular formula is C16H13Cl2NO2. The number of fused-ring (bicyclic) bond motifs is 1. The molecule has 2 aromatic rings. The Labute approximate surface area is 132 Å². The second-order valence-corrected chi connectivity index (χ2v) is 5.73. The first-order chi connectivity index (χ1) is 10.1. The molecule has 1 amide bonds. The van der Waals surface area contributed by atoms with Gasteiger partial charge in [-0.05, 0) is 24.3 Å². The predicted octanol–water partition coefficient (Wildman–Crippen LogP) is 4.25. The number of nitrogens with one attached hydrogen (secondary N) is 1. The molecule has 0 bridgehead atoms. The van der Waals surface area contributed by atoms with E-state index in [4.69, 9.17) is 27.9 Å². The monoisotopic (exact) mass is 321 g/mol. The summed E-state index contributed by atoms with van der Waals surface area (Å²) in [5.74, 6) is 0.624. The lowest BCUT2D eigenvalue weighted by Gasteiger charge is -2.26. The number of hydrogen-bond donors (Lipinski definition) is 1. The topological polar surface area (TPSA) is 38.3 Å². The molecule has 0 fully saturated rings. The molecule has 1 aliphatic heterocycles. The molecule has 108 valence electrons. The van der Waals surface area contributed by atoms with Gasteiger partial charge in [0.25, 0.3) is 5.91 Å². The number of carbonyl (C=O) groups excluding carboxylic acids is 1. The minimum atomic E-state index is -0.193. The SMILES string of the molecule is O=C(N[C@@H]1CCOc2ccccc21)c1cc(Cl)cc(Cl)c1. The lowest BCUT2D eigenvalue weighted by Crippen LogP contribution is -2.32. The highest BCUT2D eigenvalue weighted by atomic mass is 35.5. The first-order valence-electron chi connectivity index (χ1n) is 6.62. The van der Waals surface area contributed by atoms with Crippen LogP contribution in [-0.4, -0.2) is 12.5 Å². The summed E-state index contributed by atoms with van der Waals surface area (Å²) < 4.78 is 5.59. The molecule has 21 heavy (non-hydrogen) atoms. The Hall–Kier alpha value is -1.71. The van der Waals surface area contributed by atoms with Gasteiger partial charge < -0.3 is 10.1 Å². The van der Waals surface area contributed by atoms with Crippen molar-refractivity contribution in [3.8, 4) is 5.75 Å². The van der Waals surface area contributed by atoms with Crippen LogP contribution in [0.2, 0.25) is 10.0 Å². The molecule has 0 aliphatic carbocycles. The maximum atomic E-state index is 12.4. The van der Waals surface area contributed by atoms with Gasteiger partial charge in [0.1, 0.15) is 5.75 Å². The van der Waals surface area contributed by atoms with Crippen LogP contribution in [-0.2, 0) is 0 Å². The van der Waals surface area contributed by atoms with Gasteiger partial charge in [-0.3, -0.25) is 4.79 Å². The summed E-state index contributed by atoms with van der Waals surface area (Å²) in [5.41, 5.74) is 1.45. The Morgan fingerprint density at radius 2 is 1.86 bits per heavy atom. The van der Waals surface area contributed by atoms with E-state index in [2.05, 4.69) is 5.32 Å². The highest BCUT2D eigenvalue weighted by Gasteiger charge is 2.23. The Morgan fingerprint density at radius 1 is 1.14 bits per heavy atom. The Morgan fingerprint density at radius 3 is 2.62 bits per heavy atom. The normalized spacial score (nSPS) is 16.8. The molecule has 1 aliphatic rings. The van der Waals surface area contributed by atoms with Gasteiger partial charge in [-0.25, -0.2) is 0 Å². The van der Waals surface area contributed by atoms with Crippen LogP contribution < -0.4 is 10.1 Å². The number of carbonyl (C=O) groups is 1. The zero-order valence-electron chi connectivity index (χ0n) is 11.1. The number of ether oxygens (including phenoxy) is 1. The molecule has 2 aromatic carbocycles. The fourth-order valence-corrected chi connectivity index (χ4v) is 2.94. The van der Waals surface area contributed by atoms with E-state index in [-0.39, 0.29) is 11.9 Å². The van der Waals surface area contributed by atoms with Crippen molar-refractivity contribution in [3.05, 3.63) is 63.6 Å². The molecule has 1 atom stereocenters. The van der Waals surface area contributed by atoms with Gasteiger partial charge in [-0.15, -0.1) is 0 Å². The summed E-state index contributed by atoms with van der Waals surface area (Å²) in [7, 11) is 0. The number of halogens is 2. The highest BCUT2D eigenvalue weighted by Crippen LogP contribution is 2.31. The highest BCUT2D eigenvalue weighted by molar-refractivity contribution is 6.35. The van der Waals surface area contributed by atoms with Crippen LogP contribution in [0.15, 0.2) is 42.5 Å². The van der Waals surface area contributed by atoms with Crippen molar-refractivity contribution in [2.45, 2.75) is 12.5 Å². The van der Waals surface area contributed by atoms with Crippen molar-refractivity contribution in [1.82, 2.24) is 5.32 Å². The van der Waals surface area contributed by atoms with E-state index in [1.807, 2.05) is 24.3 Å². The second-order valence-electron chi connectivity index (χ2n) is 4.86. The summed E-state index contributed by atoms with van der Waals surface area (Å²) in [6.07, 6.45) is 0.733. The van der Waals surface area contributed by atoms with Gasteiger partial charge in [-0.2, -0.15) is 0 Å². The Bertz CT molecular complexity index is 667. The van der Waals surface area contributed by atoms with Crippen LogP contribution >= 0.6 is 23.2 Å².